The molecule has 0 aliphatic carbocycles. The second kappa shape index (κ2) is 9.45. The van der Waals surface area contributed by atoms with E-state index in [0.29, 0.717) is 0 Å². The van der Waals surface area contributed by atoms with E-state index in [2.05, 4.69) is 52.8 Å². The van der Waals surface area contributed by atoms with Crippen molar-refractivity contribution in [3.05, 3.63) is 34.9 Å². The molecule has 0 radical (unpaired) electrons. The highest BCUT2D eigenvalue weighted by molar-refractivity contribution is 5.34. The summed E-state index contributed by atoms with van der Waals surface area (Å²) in [5, 5.41) is 0. The first-order valence-corrected chi connectivity index (χ1v) is 6.78. The molecule has 0 amide bonds. The molecule has 16 heavy (non-hydrogen) atoms. The van der Waals surface area contributed by atoms with Gasteiger partial charge in [0.25, 0.3) is 0 Å². The van der Waals surface area contributed by atoms with Gasteiger partial charge >= 0.3 is 0 Å². The minimum Gasteiger partial charge on any atom is -0.0656 e. The molecule has 1 rings (SSSR count). The van der Waals surface area contributed by atoms with Crippen LogP contribution in [-0.2, 0) is 12.8 Å². The predicted molar refractivity (Wildman–Crippen MR) is 75.1 cm³/mol. The summed E-state index contributed by atoms with van der Waals surface area (Å²) in [4.78, 5) is 0. The molecule has 0 nitrogen and oxygen atoms in total. The Morgan fingerprint density at radius 2 is 1.62 bits per heavy atom. The average Bonchev–Trinajstić information content (AvgIpc) is 2.28. The van der Waals surface area contributed by atoms with Gasteiger partial charge in [-0.2, -0.15) is 0 Å². The molecular formula is C16H28. The normalized spacial score (nSPS) is 9.56. The molecular weight excluding hydrogens is 192 g/mol. The molecule has 0 aliphatic rings. The van der Waals surface area contributed by atoms with Gasteiger partial charge < -0.3 is 0 Å². The summed E-state index contributed by atoms with van der Waals surface area (Å²) >= 11 is 0. The van der Waals surface area contributed by atoms with Crippen LogP contribution in [0.25, 0.3) is 0 Å². The SMILES string of the molecule is CCC.CCCCc1c(C)cccc1CC. The third kappa shape index (κ3) is 5.34. The van der Waals surface area contributed by atoms with Crippen molar-refractivity contribution in [1.82, 2.24) is 0 Å². The van der Waals surface area contributed by atoms with E-state index >= 15 is 0 Å². The first-order chi connectivity index (χ1) is 7.71. The lowest BCUT2D eigenvalue weighted by atomic mass is 9.96. The van der Waals surface area contributed by atoms with Crippen molar-refractivity contribution in [1.29, 1.82) is 0 Å². The average molecular weight is 220 g/mol. The smallest absolute Gasteiger partial charge is 0.0274 e. The van der Waals surface area contributed by atoms with Gasteiger partial charge in [-0.25, -0.2) is 0 Å². The van der Waals surface area contributed by atoms with E-state index in [1.54, 1.807) is 5.56 Å². The van der Waals surface area contributed by atoms with Gasteiger partial charge in [0.05, 0.1) is 0 Å². The van der Waals surface area contributed by atoms with Crippen LogP contribution in [0, 0.1) is 6.92 Å². The van der Waals surface area contributed by atoms with Crippen LogP contribution in [-0.4, -0.2) is 0 Å². The second-order valence-corrected chi connectivity index (χ2v) is 4.38. The molecule has 0 heterocycles. The number of hydrogen-bond acceptors (Lipinski definition) is 0. The molecule has 92 valence electrons. The van der Waals surface area contributed by atoms with Crippen LogP contribution in [0.15, 0.2) is 18.2 Å². The Morgan fingerprint density at radius 3 is 2.12 bits per heavy atom. The van der Waals surface area contributed by atoms with Crippen molar-refractivity contribution in [3.63, 3.8) is 0 Å². The zero-order valence-corrected chi connectivity index (χ0v) is 11.8. The van der Waals surface area contributed by atoms with Gasteiger partial charge in [0, 0.05) is 0 Å². The quantitative estimate of drug-likeness (QED) is 0.644. The molecule has 0 aliphatic heterocycles. The van der Waals surface area contributed by atoms with Crippen LogP contribution in [0.4, 0.5) is 0 Å². The van der Waals surface area contributed by atoms with Crippen molar-refractivity contribution in [3.8, 4) is 0 Å². The minimum absolute atomic E-state index is 1.17. The standard InChI is InChI=1S/C13H20.C3H8/c1-4-6-10-13-11(3)8-7-9-12(13)5-2;1-3-2/h7-9H,4-6,10H2,1-3H3;3H2,1-2H3. The van der Waals surface area contributed by atoms with Crippen LogP contribution < -0.4 is 0 Å². The molecule has 0 bridgehead atoms. The Hall–Kier alpha value is -0.780. The Bertz CT molecular complexity index is 273. The van der Waals surface area contributed by atoms with E-state index in [-0.39, 0.29) is 0 Å². The Morgan fingerprint density at radius 1 is 1.00 bits per heavy atom. The summed E-state index contributed by atoms with van der Waals surface area (Å²) < 4.78 is 0. The molecule has 0 saturated carbocycles. The highest BCUT2D eigenvalue weighted by Crippen LogP contribution is 2.17. The molecule has 0 spiro atoms. The number of rotatable bonds is 4. The fraction of sp³-hybridized carbons (Fsp3) is 0.625. The maximum atomic E-state index is 2.26. The number of unbranched alkanes of at least 4 members (excludes halogenated alkanes) is 1. The summed E-state index contributed by atoms with van der Waals surface area (Å²) in [6.07, 6.45) is 6.28. The number of benzene rings is 1. The van der Waals surface area contributed by atoms with Crippen LogP contribution in [0.5, 0.6) is 0 Å². The lowest BCUT2D eigenvalue weighted by Gasteiger charge is -2.10. The van der Waals surface area contributed by atoms with E-state index in [1.165, 1.54) is 43.2 Å². The molecule has 0 heteroatoms. The van der Waals surface area contributed by atoms with Crippen molar-refractivity contribution in [2.24, 2.45) is 0 Å². The third-order valence-corrected chi connectivity index (χ3v) is 2.67. The fourth-order valence-corrected chi connectivity index (χ4v) is 1.81. The molecule has 1 aromatic rings. The molecule has 0 N–H and O–H groups in total. The van der Waals surface area contributed by atoms with Crippen LogP contribution in [0.1, 0.15) is 63.6 Å². The topological polar surface area (TPSA) is 0 Å². The van der Waals surface area contributed by atoms with Gasteiger partial charge in [-0.3, -0.25) is 0 Å². The van der Waals surface area contributed by atoms with Gasteiger partial charge in [-0.05, 0) is 42.9 Å². The van der Waals surface area contributed by atoms with E-state index in [0.717, 1.165) is 0 Å². The van der Waals surface area contributed by atoms with Gasteiger partial charge in [-0.15, -0.1) is 0 Å². The van der Waals surface area contributed by atoms with Gasteiger partial charge in [0.15, 0.2) is 0 Å². The fourth-order valence-electron chi connectivity index (χ4n) is 1.81. The maximum Gasteiger partial charge on any atom is -0.0274 e. The zero-order chi connectivity index (χ0) is 12.4. The summed E-state index contributed by atoms with van der Waals surface area (Å²) in [6.45, 7) is 11.0. The molecule has 0 unspecified atom stereocenters. The van der Waals surface area contributed by atoms with Crippen LogP contribution in [0.2, 0.25) is 0 Å². The number of hydrogen-bond donors (Lipinski definition) is 0. The van der Waals surface area contributed by atoms with Crippen LogP contribution in [0.3, 0.4) is 0 Å². The first-order valence-electron chi connectivity index (χ1n) is 6.78. The van der Waals surface area contributed by atoms with Crippen molar-refractivity contribution in [2.75, 3.05) is 0 Å². The lowest BCUT2D eigenvalue weighted by Crippen LogP contribution is -1.96. The molecule has 0 saturated heterocycles. The van der Waals surface area contributed by atoms with Crippen molar-refractivity contribution >= 4 is 0 Å². The molecule has 1 aromatic carbocycles. The van der Waals surface area contributed by atoms with Crippen molar-refractivity contribution < 1.29 is 0 Å². The summed E-state index contributed by atoms with van der Waals surface area (Å²) in [7, 11) is 0. The molecule has 0 atom stereocenters. The van der Waals surface area contributed by atoms with Gasteiger partial charge in [0.2, 0.25) is 0 Å². The second-order valence-electron chi connectivity index (χ2n) is 4.38. The van der Waals surface area contributed by atoms with Crippen LogP contribution >= 0.6 is 0 Å². The van der Waals surface area contributed by atoms with E-state index in [1.807, 2.05) is 0 Å². The van der Waals surface area contributed by atoms with Crippen molar-refractivity contribution in [2.45, 2.75) is 66.7 Å². The molecule has 0 fully saturated rings. The Balaban J connectivity index is 0.000000673. The summed E-state index contributed by atoms with van der Waals surface area (Å²) in [5.41, 5.74) is 4.59. The predicted octanol–water partition coefficient (Wildman–Crippen LogP) is 5.32. The van der Waals surface area contributed by atoms with Gasteiger partial charge in [-0.1, -0.05) is 58.7 Å². The first kappa shape index (κ1) is 15.2. The monoisotopic (exact) mass is 220 g/mol. The highest BCUT2D eigenvalue weighted by Gasteiger charge is 2.02. The van der Waals surface area contributed by atoms with E-state index in [9.17, 15) is 0 Å². The number of aryl methyl sites for hydroxylation is 2. The lowest BCUT2D eigenvalue weighted by molar-refractivity contribution is 0.783. The van der Waals surface area contributed by atoms with Gasteiger partial charge in [0.1, 0.15) is 0 Å². The summed E-state index contributed by atoms with van der Waals surface area (Å²) in [6, 6.07) is 6.66. The van der Waals surface area contributed by atoms with E-state index in [4.69, 9.17) is 0 Å². The highest BCUT2D eigenvalue weighted by atomic mass is 14.1. The third-order valence-electron chi connectivity index (χ3n) is 2.67. The minimum atomic E-state index is 1.17. The Kier molecular flexibility index (Phi) is 8.99. The largest absolute Gasteiger partial charge is 0.0656 e. The maximum absolute atomic E-state index is 2.26. The Labute approximate surface area is 102 Å². The molecule has 0 aromatic heterocycles. The summed E-state index contributed by atoms with van der Waals surface area (Å²) in [5.74, 6) is 0. The van der Waals surface area contributed by atoms with E-state index < -0.39 is 0 Å². The zero-order valence-electron chi connectivity index (χ0n) is 11.8.